The van der Waals surface area contributed by atoms with Gasteiger partial charge in [-0.25, -0.2) is 9.97 Å². The summed E-state index contributed by atoms with van der Waals surface area (Å²) in [6.07, 6.45) is 6.90. The molecule has 0 aliphatic carbocycles. The first-order valence-electron chi connectivity index (χ1n) is 16.0. The van der Waals surface area contributed by atoms with Crippen molar-refractivity contribution in [2.24, 2.45) is 5.41 Å². The van der Waals surface area contributed by atoms with Gasteiger partial charge in [0.2, 0.25) is 11.8 Å². The number of hydrogen-bond donors (Lipinski definition) is 2. The van der Waals surface area contributed by atoms with Gasteiger partial charge in [0.15, 0.2) is 18.2 Å². The maximum atomic E-state index is 13.8. The van der Waals surface area contributed by atoms with Crippen molar-refractivity contribution in [2.45, 2.75) is 6.42 Å². The lowest BCUT2D eigenvalue weighted by Gasteiger charge is -2.37. The molecule has 0 radical (unpaired) electrons. The third-order valence-electron chi connectivity index (χ3n) is 9.28. The lowest BCUT2D eigenvalue weighted by Crippen LogP contribution is -2.51. The highest BCUT2D eigenvalue weighted by Gasteiger charge is 2.45. The molecule has 0 saturated carbocycles. The SMILES string of the molecule is COC[C@@]1(C(=O)Nc2ccc3[nH]nc(-c4cc[n+]([O-])cc4)c3c2)CCN(CC(=O)N2CCN(c3ccc(-c4ncccn4)cc3)CC2)C1. The summed E-state index contributed by atoms with van der Waals surface area (Å²) in [6, 6.07) is 19.0. The van der Waals surface area contributed by atoms with Crippen LogP contribution in [0.2, 0.25) is 0 Å². The molecule has 2 amide bonds. The number of rotatable bonds is 9. The van der Waals surface area contributed by atoms with E-state index in [0.717, 1.165) is 45.5 Å². The van der Waals surface area contributed by atoms with Crippen LogP contribution < -0.4 is 14.9 Å². The first kappa shape index (κ1) is 31.2. The summed E-state index contributed by atoms with van der Waals surface area (Å²) in [6.45, 7) is 4.32. The number of nitrogens with zero attached hydrogens (tertiary/aromatic N) is 7. The molecular formula is C35H37N9O4. The van der Waals surface area contributed by atoms with E-state index in [4.69, 9.17) is 4.74 Å². The Balaban J connectivity index is 0.953. The van der Waals surface area contributed by atoms with Gasteiger partial charge in [-0.2, -0.15) is 9.83 Å². The summed E-state index contributed by atoms with van der Waals surface area (Å²) >= 11 is 0. The van der Waals surface area contributed by atoms with Gasteiger partial charge >= 0.3 is 0 Å². The number of likely N-dealkylation sites (tertiary alicyclic amines) is 1. The van der Waals surface area contributed by atoms with Crippen LogP contribution in [0.15, 0.2) is 85.5 Å². The van der Waals surface area contributed by atoms with Crippen LogP contribution in [0.3, 0.4) is 0 Å². The summed E-state index contributed by atoms with van der Waals surface area (Å²) in [7, 11) is 1.60. The molecule has 2 fully saturated rings. The zero-order valence-corrected chi connectivity index (χ0v) is 26.7. The number of H-pyrrole nitrogens is 1. The number of methoxy groups -OCH3 is 1. The topological polar surface area (TPSA) is 147 Å². The summed E-state index contributed by atoms with van der Waals surface area (Å²) in [5.41, 5.74) is 4.21. The number of benzene rings is 2. The van der Waals surface area contributed by atoms with E-state index >= 15 is 0 Å². The van der Waals surface area contributed by atoms with E-state index in [1.165, 1.54) is 12.4 Å². The highest BCUT2D eigenvalue weighted by atomic mass is 16.5. The Morgan fingerprint density at radius 2 is 1.73 bits per heavy atom. The monoisotopic (exact) mass is 647 g/mol. The molecule has 2 aliphatic heterocycles. The number of carbonyl (C=O) groups is 2. The number of piperazine rings is 1. The Kier molecular flexibility index (Phi) is 8.70. The number of fused-ring (bicyclic) bond motifs is 1. The van der Waals surface area contributed by atoms with Crippen molar-refractivity contribution in [1.29, 1.82) is 0 Å². The molecule has 13 nitrogen and oxygen atoms in total. The van der Waals surface area contributed by atoms with Gasteiger partial charge in [-0.05, 0) is 61.5 Å². The molecule has 246 valence electrons. The minimum atomic E-state index is -0.792. The molecule has 7 rings (SSSR count). The largest absolute Gasteiger partial charge is 0.619 e. The number of anilines is 2. The molecule has 5 heterocycles. The van der Waals surface area contributed by atoms with E-state index in [1.807, 2.05) is 35.2 Å². The number of ether oxygens (including phenoxy) is 1. The average molecular weight is 648 g/mol. The standard InChI is InChI=1S/C35H37N9O4/c1-48-24-35(34(46)38-27-5-8-30-29(21-27)32(40-39-30)25-9-14-44(47)15-10-25)11-16-41(23-35)22-31(45)43-19-17-42(18-20-43)28-6-3-26(4-7-28)33-36-12-2-13-37-33/h2-10,12-15,21H,11,16-20,22-24H2,1H3,(H,38,46)(H,39,40)/t35-/m1/s1. The molecule has 0 unspecified atom stereocenters. The van der Waals surface area contributed by atoms with E-state index in [9.17, 15) is 14.8 Å². The van der Waals surface area contributed by atoms with Crippen molar-refractivity contribution < 1.29 is 19.1 Å². The molecule has 2 saturated heterocycles. The molecule has 3 aromatic heterocycles. The minimum absolute atomic E-state index is 0.0706. The second-order valence-electron chi connectivity index (χ2n) is 12.4. The number of aromatic amines is 1. The fraction of sp³-hybridized carbons (Fsp3) is 0.314. The smallest absolute Gasteiger partial charge is 0.236 e. The average Bonchev–Trinajstić information content (AvgIpc) is 3.74. The van der Waals surface area contributed by atoms with Gasteiger partial charge < -0.3 is 25.1 Å². The van der Waals surface area contributed by atoms with Crippen LogP contribution in [0.1, 0.15) is 6.42 Å². The molecule has 2 N–H and O–H groups in total. The summed E-state index contributed by atoms with van der Waals surface area (Å²) in [5.74, 6) is 0.623. The van der Waals surface area contributed by atoms with E-state index in [1.54, 1.807) is 37.7 Å². The van der Waals surface area contributed by atoms with Gasteiger partial charge in [0.25, 0.3) is 0 Å². The first-order valence-corrected chi connectivity index (χ1v) is 16.0. The van der Waals surface area contributed by atoms with Crippen LogP contribution in [0.25, 0.3) is 33.5 Å². The van der Waals surface area contributed by atoms with Crippen LogP contribution in [0, 0.1) is 10.6 Å². The van der Waals surface area contributed by atoms with Crippen LogP contribution in [-0.4, -0.2) is 101 Å². The maximum Gasteiger partial charge on any atom is 0.236 e. The van der Waals surface area contributed by atoms with Crippen LogP contribution in [-0.2, 0) is 14.3 Å². The molecule has 13 heteroatoms. The molecule has 48 heavy (non-hydrogen) atoms. The number of hydrogen-bond acceptors (Lipinski definition) is 9. The Labute approximate surface area is 277 Å². The second kappa shape index (κ2) is 13.4. The quantitative estimate of drug-likeness (QED) is 0.182. The van der Waals surface area contributed by atoms with Crippen LogP contribution in [0.5, 0.6) is 0 Å². The number of carbonyl (C=O) groups excluding carboxylic acids is 2. The number of nitrogens with one attached hydrogen (secondary N) is 2. The molecule has 1 atom stereocenters. The predicted molar refractivity (Wildman–Crippen MR) is 181 cm³/mol. The van der Waals surface area contributed by atoms with E-state index in [0.29, 0.717) is 49.8 Å². The van der Waals surface area contributed by atoms with Crippen molar-refractivity contribution >= 4 is 34.1 Å². The third-order valence-corrected chi connectivity index (χ3v) is 9.28. The predicted octanol–water partition coefficient (Wildman–Crippen LogP) is 2.95. The van der Waals surface area contributed by atoms with Gasteiger partial charge in [-0.15, -0.1) is 0 Å². The Morgan fingerprint density at radius 3 is 2.46 bits per heavy atom. The van der Waals surface area contributed by atoms with E-state index in [2.05, 4.69) is 47.4 Å². The zero-order chi connectivity index (χ0) is 33.1. The zero-order valence-electron chi connectivity index (χ0n) is 26.7. The normalized spacial score (nSPS) is 18.4. The van der Waals surface area contributed by atoms with Crippen molar-refractivity contribution in [3.63, 3.8) is 0 Å². The summed E-state index contributed by atoms with van der Waals surface area (Å²) < 4.78 is 6.27. The summed E-state index contributed by atoms with van der Waals surface area (Å²) in [5, 5.41) is 22.9. The van der Waals surface area contributed by atoms with Gasteiger partial charge in [0, 0.05) is 92.2 Å². The second-order valence-corrected chi connectivity index (χ2v) is 12.4. The number of aromatic nitrogens is 5. The van der Waals surface area contributed by atoms with Crippen molar-refractivity contribution in [2.75, 3.05) is 69.7 Å². The van der Waals surface area contributed by atoms with Crippen molar-refractivity contribution in [1.82, 2.24) is 30.0 Å². The van der Waals surface area contributed by atoms with Gasteiger partial charge in [0.1, 0.15) is 5.69 Å². The molecule has 5 aromatic rings. The summed E-state index contributed by atoms with van der Waals surface area (Å²) in [4.78, 5) is 42.1. The van der Waals surface area contributed by atoms with Gasteiger partial charge in [-0.3, -0.25) is 19.6 Å². The highest BCUT2D eigenvalue weighted by Crippen LogP contribution is 2.34. The van der Waals surface area contributed by atoms with Crippen LogP contribution in [0.4, 0.5) is 11.4 Å². The maximum absolute atomic E-state index is 13.8. The van der Waals surface area contributed by atoms with E-state index in [-0.39, 0.29) is 25.0 Å². The molecular weight excluding hydrogens is 610 g/mol. The van der Waals surface area contributed by atoms with Crippen molar-refractivity contribution in [3.05, 3.63) is 90.7 Å². The fourth-order valence-corrected chi connectivity index (χ4v) is 6.66. The third kappa shape index (κ3) is 6.42. The Morgan fingerprint density at radius 1 is 0.979 bits per heavy atom. The van der Waals surface area contributed by atoms with Crippen molar-refractivity contribution in [3.8, 4) is 22.6 Å². The Bertz CT molecular complexity index is 1890. The van der Waals surface area contributed by atoms with Gasteiger partial charge in [0.05, 0.1) is 24.1 Å². The van der Waals surface area contributed by atoms with E-state index < -0.39 is 5.41 Å². The first-order chi connectivity index (χ1) is 23.4. The van der Waals surface area contributed by atoms with Gasteiger partial charge in [-0.1, -0.05) is 0 Å². The van der Waals surface area contributed by atoms with Crippen LogP contribution >= 0.6 is 0 Å². The molecule has 2 aromatic carbocycles. The molecule has 2 aliphatic rings. The fourth-order valence-electron chi connectivity index (χ4n) is 6.66. The minimum Gasteiger partial charge on any atom is -0.619 e. The molecule has 0 spiro atoms. The number of amides is 2. The number of pyridine rings is 1. The lowest BCUT2D eigenvalue weighted by atomic mass is 9.87. The lowest BCUT2D eigenvalue weighted by molar-refractivity contribution is -0.605. The molecule has 0 bridgehead atoms. The Hall–Kier alpha value is -5.40. The highest BCUT2D eigenvalue weighted by molar-refractivity contribution is 6.00.